The number of amides is 1. The van der Waals surface area contributed by atoms with Crippen LogP contribution in [0.25, 0.3) is 0 Å². The highest BCUT2D eigenvalue weighted by molar-refractivity contribution is 8.12. The predicted octanol–water partition coefficient (Wildman–Crippen LogP) is 5.38. The van der Waals surface area contributed by atoms with Gasteiger partial charge >= 0.3 is 0 Å². The average molecular weight is 330 g/mol. The standard InChI is InChI=1S/C20H27NOS/c1-18-8-16-9-19(2,12-18)14-20(10-16,13-18)21-17(22)23-11-15-6-4-3-5-7-15/h3-7,16H,8-14H2,1-2H3,(H,21,22)/t16?,18-,19+,20?. The first-order valence-corrected chi connectivity index (χ1v) is 9.85. The van der Waals surface area contributed by atoms with Gasteiger partial charge in [-0.3, -0.25) is 4.79 Å². The lowest BCUT2D eigenvalue weighted by atomic mass is 9.43. The summed E-state index contributed by atoms with van der Waals surface area (Å²) in [5.41, 5.74) is 2.19. The number of thioether (sulfide) groups is 1. The fraction of sp³-hybridized carbons (Fsp3) is 0.650. The number of carbonyl (C=O) groups is 1. The summed E-state index contributed by atoms with van der Waals surface area (Å²) in [5, 5.41) is 3.64. The lowest BCUT2D eigenvalue weighted by Gasteiger charge is -2.65. The van der Waals surface area contributed by atoms with Crippen molar-refractivity contribution in [3.63, 3.8) is 0 Å². The molecule has 124 valence electrons. The topological polar surface area (TPSA) is 29.1 Å². The number of hydrogen-bond acceptors (Lipinski definition) is 2. The van der Waals surface area contributed by atoms with Crippen LogP contribution < -0.4 is 5.32 Å². The number of carbonyl (C=O) groups excluding carboxylic acids is 1. The fourth-order valence-corrected chi connectivity index (χ4v) is 7.34. The van der Waals surface area contributed by atoms with Crippen molar-refractivity contribution >= 4 is 17.0 Å². The highest BCUT2D eigenvalue weighted by Crippen LogP contribution is 2.66. The largest absolute Gasteiger partial charge is 0.341 e. The van der Waals surface area contributed by atoms with Crippen LogP contribution in [0, 0.1) is 16.7 Å². The molecule has 0 radical (unpaired) electrons. The van der Waals surface area contributed by atoms with E-state index in [1.54, 1.807) is 0 Å². The molecular weight excluding hydrogens is 302 g/mol. The first-order valence-electron chi connectivity index (χ1n) is 8.87. The monoisotopic (exact) mass is 329 g/mol. The van der Waals surface area contributed by atoms with Gasteiger partial charge in [0.15, 0.2) is 0 Å². The number of rotatable bonds is 3. The molecule has 1 aromatic carbocycles. The van der Waals surface area contributed by atoms with E-state index in [1.807, 2.05) is 18.2 Å². The molecule has 4 fully saturated rings. The third-order valence-electron chi connectivity index (χ3n) is 6.21. The quantitative estimate of drug-likeness (QED) is 0.807. The molecule has 2 unspecified atom stereocenters. The van der Waals surface area contributed by atoms with Crippen molar-refractivity contribution in [1.29, 1.82) is 0 Å². The van der Waals surface area contributed by atoms with Crippen LogP contribution in [0.3, 0.4) is 0 Å². The van der Waals surface area contributed by atoms with Gasteiger partial charge < -0.3 is 5.32 Å². The van der Waals surface area contributed by atoms with E-state index in [0.29, 0.717) is 10.8 Å². The molecule has 0 spiro atoms. The molecule has 0 aliphatic heterocycles. The molecule has 2 nitrogen and oxygen atoms in total. The molecule has 23 heavy (non-hydrogen) atoms. The SMILES string of the molecule is C[C@]12CC3CC(NC(=O)SCc4ccccc4)(C1)C[C@@](C)(C3)C2. The molecule has 4 aliphatic carbocycles. The van der Waals surface area contributed by atoms with Crippen LogP contribution >= 0.6 is 11.8 Å². The molecule has 1 N–H and O–H groups in total. The molecule has 3 heteroatoms. The van der Waals surface area contributed by atoms with E-state index >= 15 is 0 Å². The predicted molar refractivity (Wildman–Crippen MR) is 96.4 cm³/mol. The average Bonchev–Trinajstić information content (AvgIpc) is 2.42. The van der Waals surface area contributed by atoms with Gasteiger partial charge in [-0.05, 0) is 60.8 Å². The molecule has 4 aliphatic rings. The summed E-state index contributed by atoms with van der Waals surface area (Å²) in [5.74, 6) is 1.58. The summed E-state index contributed by atoms with van der Waals surface area (Å²) in [7, 11) is 0. The Bertz CT molecular complexity index is 595. The summed E-state index contributed by atoms with van der Waals surface area (Å²) in [6.45, 7) is 4.90. The minimum atomic E-state index is 0.0731. The van der Waals surface area contributed by atoms with Gasteiger partial charge in [-0.15, -0.1) is 0 Å². The van der Waals surface area contributed by atoms with E-state index in [-0.39, 0.29) is 10.8 Å². The number of benzene rings is 1. The molecule has 0 aromatic heterocycles. The van der Waals surface area contributed by atoms with Crippen molar-refractivity contribution in [3.05, 3.63) is 35.9 Å². The van der Waals surface area contributed by atoms with Crippen LogP contribution in [0.4, 0.5) is 4.79 Å². The van der Waals surface area contributed by atoms with Crippen molar-refractivity contribution in [3.8, 4) is 0 Å². The Hall–Kier alpha value is -0.960. The molecule has 1 aromatic rings. The van der Waals surface area contributed by atoms with Crippen LogP contribution in [0.2, 0.25) is 0 Å². The molecule has 0 saturated heterocycles. The lowest BCUT2D eigenvalue weighted by Crippen LogP contribution is -2.64. The summed E-state index contributed by atoms with van der Waals surface area (Å²) in [4.78, 5) is 12.6. The van der Waals surface area contributed by atoms with Gasteiger partial charge in [-0.2, -0.15) is 0 Å². The molecule has 1 amide bonds. The molecular formula is C20H27NOS. The maximum Gasteiger partial charge on any atom is 0.279 e. The minimum absolute atomic E-state index is 0.0731. The van der Waals surface area contributed by atoms with Crippen LogP contribution in [-0.4, -0.2) is 10.8 Å². The van der Waals surface area contributed by atoms with Crippen LogP contribution in [-0.2, 0) is 5.75 Å². The zero-order chi connectivity index (χ0) is 16.1. The van der Waals surface area contributed by atoms with Gasteiger partial charge in [0.25, 0.3) is 5.24 Å². The lowest BCUT2D eigenvalue weighted by molar-refractivity contribution is -0.112. The Morgan fingerprint density at radius 2 is 1.74 bits per heavy atom. The Labute approximate surface area is 143 Å². The minimum Gasteiger partial charge on any atom is -0.341 e. The first kappa shape index (κ1) is 15.6. The highest BCUT2D eigenvalue weighted by Gasteiger charge is 2.60. The second-order valence-electron chi connectivity index (χ2n) is 9.10. The van der Waals surface area contributed by atoms with Crippen LogP contribution in [0.1, 0.15) is 57.9 Å². The summed E-state index contributed by atoms with van der Waals surface area (Å²) in [6, 6.07) is 10.3. The zero-order valence-corrected chi connectivity index (χ0v) is 15.0. The summed E-state index contributed by atoms with van der Waals surface area (Å²) >= 11 is 1.43. The van der Waals surface area contributed by atoms with Gasteiger partial charge in [0, 0.05) is 11.3 Å². The number of nitrogens with one attached hydrogen (secondary N) is 1. The highest BCUT2D eigenvalue weighted by atomic mass is 32.2. The Morgan fingerprint density at radius 1 is 1.09 bits per heavy atom. The Morgan fingerprint density at radius 3 is 2.35 bits per heavy atom. The number of hydrogen-bond donors (Lipinski definition) is 1. The molecule has 5 rings (SSSR count). The first-order chi connectivity index (χ1) is 10.9. The van der Waals surface area contributed by atoms with E-state index in [4.69, 9.17) is 0 Å². The Kier molecular flexibility index (Phi) is 3.57. The maximum atomic E-state index is 12.6. The zero-order valence-electron chi connectivity index (χ0n) is 14.2. The maximum absolute atomic E-state index is 12.6. The molecule has 4 atom stereocenters. The molecule has 4 bridgehead atoms. The second kappa shape index (κ2) is 5.27. The third kappa shape index (κ3) is 3.05. The summed E-state index contributed by atoms with van der Waals surface area (Å²) in [6.07, 6.45) is 7.67. The van der Waals surface area contributed by atoms with Gasteiger partial charge in [-0.25, -0.2) is 0 Å². The van der Waals surface area contributed by atoms with E-state index in [2.05, 4.69) is 31.3 Å². The van der Waals surface area contributed by atoms with Crippen molar-refractivity contribution in [2.45, 2.75) is 63.7 Å². The Balaban J connectivity index is 1.43. The van der Waals surface area contributed by atoms with Gasteiger partial charge in [0.05, 0.1) is 0 Å². The molecule has 0 heterocycles. The van der Waals surface area contributed by atoms with E-state index in [0.717, 1.165) is 11.7 Å². The third-order valence-corrected chi connectivity index (χ3v) is 7.05. The molecule has 4 saturated carbocycles. The van der Waals surface area contributed by atoms with Crippen molar-refractivity contribution in [1.82, 2.24) is 5.32 Å². The van der Waals surface area contributed by atoms with E-state index in [1.165, 1.54) is 55.9 Å². The van der Waals surface area contributed by atoms with E-state index in [9.17, 15) is 4.79 Å². The summed E-state index contributed by atoms with van der Waals surface area (Å²) < 4.78 is 0. The second-order valence-corrected chi connectivity index (χ2v) is 10.0. The van der Waals surface area contributed by atoms with Gasteiger partial charge in [-0.1, -0.05) is 55.9 Å². The smallest absolute Gasteiger partial charge is 0.279 e. The fourth-order valence-electron chi connectivity index (χ4n) is 6.56. The van der Waals surface area contributed by atoms with Crippen LogP contribution in [0.15, 0.2) is 30.3 Å². The van der Waals surface area contributed by atoms with Crippen molar-refractivity contribution in [2.24, 2.45) is 16.7 Å². The normalized spacial score (nSPS) is 41.0. The van der Waals surface area contributed by atoms with E-state index < -0.39 is 0 Å². The van der Waals surface area contributed by atoms with Gasteiger partial charge in [0.1, 0.15) is 0 Å². The van der Waals surface area contributed by atoms with Crippen molar-refractivity contribution in [2.75, 3.05) is 0 Å². The van der Waals surface area contributed by atoms with Crippen molar-refractivity contribution < 1.29 is 4.79 Å². The van der Waals surface area contributed by atoms with Gasteiger partial charge in [0.2, 0.25) is 0 Å². The van der Waals surface area contributed by atoms with Crippen LogP contribution in [0.5, 0.6) is 0 Å².